The Morgan fingerprint density at radius 3 is 2.45 bits per heavy atom. The second kappa shape index (κ2) is 6.17. The summed E-state index contributed by atoms with van der Waals surface area (Å²) in [6.45, 7) is 0. The van der Waals surface area contributed by atoms with E-state index in [9.17, 15) is 4.79 Å². The number of rotatable bonds is 3. The highest BCUT2D eigenvalue weighted by Gasteiger charge is 2.36. The first kappa shape index (κ1) is 13.9. The zero-order valence-corrected chi connectivity index (χ0v) is 12.9. The molecule has 0 spiro atoms. The van der Waals surface area contributed by atoms with Crippen LogP contribution in [0.2, 0.25) is 0 Å². The number of allylic oxidation sites excluding steroid dienone is 1. The fourth-order valence-electron chi connectivity index (χ4n) is 3.66. The molecule has 2 aliphatic carbocycles. The van der Waals surface area contributed by atoms with Gasteiger partial charge in [-0.3, -0.25) is 4.79 Å². The fourth-order valence-corrected chi connectivity index (χ4v) is 4.07. The number of hydrogen-bond donors (Lipinski definition) is 0. The Morgan fingerprint density at radius 1 is 1.10 bits per heavy atom. The third kappa shape index (κ3) is 2.85. The molecule has 106 valence electrons. The number of carbonyl (C=O) groups excluding carboxylic acids is 1. The largest absolute Gasteiger partial charge is 0.294 e. The number of hydrogen-bond acceptors (Lipinski definition) is 2. The van der Waals surface area contributed by atoms with E-state index in [1.165, 1.54) is 36.1 Å². The summed E-state index contributed by atoms with van der Waals surface area (Å²) in [6, 6.07) is 8.50. The van der Waals surface area contributed by atoms with Gasteiger partial charge < -0.3 is 0 Å². The lowest BCUT2D eigenvalue weighted by Gasteiger charge is -2.15. The maximum atomic E-state index is 12.5. The highest BCUT2D eigenvalue weighted by Crippen LogP contribution is 2.40. The molecule has 0 amide bonds. The zero-order valence-electron chi connectivity index (χ0n) is 12.1. The lowest BCUT2D eigenvalue weighted by Crippen LogP contribution is -2.16. The molecule has 2 saturated carbocycles. The van der Waals surface area contributed by atoms with Gasteiger partial charge in [-0.15, -0.1) is 11.8 Å². The molecule has 0 saturated heterocycles. The summed E-state index contributed by atoms with van der Waals surface area (Å²) in [5.74, 6) is 1.44. The van der Waals surface area contributed by atoms with E-state index < -0.39 is 0 Å². The van der Waals surface area contributed by atoms with Gasteiger partial charge in [-0.05, 0) is 67.2 Å². The van der Waals surface area contributed by atoms with Crippen molar-refractivity contribution in [3.8, 4) is 0 Å². The van der Waals surface area contributed by atoms with E-state index in [4.69, 9.17) is 0 Å². The summed E-state index contributed by atoms with van der Waals surface area (Å²) >= 11 is 1.75. The third-order valence-corrected chi connectivity index (χ3v) is 5.55. The van der Waals surface area contributed by atoms with Crippen LogP contribution in [0, 0.1) is 11.8 Å². The van der Waals surface area contributed by atoms with Crippen molar-refractivity contribution in [2.24, 2.45) is 11.8 Å². The van der Waals surface area contributed by atoms with Gasteiger partial charge in [0.05, 0.1) is 0 Å². The minimum absolute atomic E-state index is 0.328. The molecule has 0 heterocycles. The van der Waals surface area contributed by atoms with E-state index in [1.54, 1.807) is 11.8 Å². The van der Waals surface area contributed by atoms with Gasteiger partial charge in [-0.2, -0.15) is 0 Å². The van der Waals surface area contributed by atoms with Crippen molar-refractivity contribution in [3.05, 3.63) is 35.4 Å². The summed E-state index contributed by atoms with van der Waals surface area (Å²) in [4.78, 5) is 13.8. The molecule has 0 aromatic heterocycles. The smallest absolute Gasteiger partial charge is 0.162 e. The highest BCUT2D eigenvalue weighted by atomic mass is 32.2. The maximum absolute atomic E-state index is 12.5. The standard InChI is InChI=1S/C18H22OS/c1-20-16-9-6-13(7-10-16)12-15-8-11-17(18(15)19)14-4-2-3-5-14/h6-7,9-10,12,14,17H,2-5,8,11H2,1H3. The second-order valence-corrected chi connectivity index (χ2v) is 6.88. The maximum Gasteiger partial charge on any atom is 0.162 e. The molecule has 0 bridgehead atoms. The molecular weight excluding hydrogens is 264 g/mol. The Hall–Kier alpha value is -1.02. The van der Waals surface area contributed by atoms with Gasteiger partial charge >= 0.3 is 0 Å². The Kier molecular flexibility index (Phi) is 4.30. The lowest BCUT2D eigenvalue weighted by atomic mass is 9.88. The molecule has 3 rings (SSSR count). The molecule has 0 radical (unpaired) electrons. The van der Waals surface area contributed by atoms with E-state index in [-0.39, 0.29) is 0 Å². The van der Waals surface area contributed by atoms with E-state index >= 15 is 0 Å². The monoisotopic (exact) mass is 286 g/mol. The van der Waals surface area contributed by atoms with Gasteiger partial charge in [0.2, 0.25) is 0 Å². The normalized spacial score (nSPS) is 25.8. The van der Waals surface area contributed by atoms with Gasteiger partial charge in [0.25, 0.3) is 0 Å². The minimum Gasteiger partial charge on any atom is -0.294 e. The Bertz CT molecular complexity index is 509. The van der Waals surface area contributed by atoms with E-state index in [0.717, 1.165) is 18.4 Å². The van der Waals surface area contributed by atoms with Crippen LogP contribution in [0.4, 0.5) is 0 Å². The van der Waals surface area contributed by atoms with Crippen molar-refractivity contribution >= 4 is 23.6 Å². The molecule has 2 fully saturated rings. The average Bonchev–Trinajstić information content (AvgIpc) is 3.11. The number of ketones is 1. The van der Waals surface area contributed by atoms with Crippen molar-refractivity contribution in [1.29, 1.82) is 0 Å². The molecule has 20 heavy (non-hydrogen) atoms. The predicted molar refractivity (Wildman–Crippen MR) is 85.9 cm³/mol. The number of thioether (sulfide) groups is 1. The first-order valence-corrected chi connectivity index (χ1v) is 8.89. The summed E-state index contributed by atoms with van der Waals surface area (Å²) < 4.78 is 0. The summed E-state index contributed by atoms with van der Waals surface area (Å²) in [5.41, 5.74) is 2.22. The Morgan fingerprint density at radius 2 is 1.80 bits per heavy atom. The minimum atomic E-state index is 0.328. The fraction of sp³-hybridized carbons (Fsp3) is 0.500. The van der Waals surface area contributed by atoms with E-state index in [0.29, 0.717) is 17.6 Å². The van der Waals surface area contributed by atoms with Crippen LogP contribution < -0.4 is 0 Å². The molecule has 1 atom stereocenters. The van der Waals surface area contributed by atoms with Crippen LogP contribution in [0.25, 0.3) is 6.08 Å². The van der Waals surface area contributed by atoms with Crippen molar-refractivity contribution in [2.45, 2.75) is 43.4 Å². The van der Waals surface area contributed by atoms with Gasteiger partial charge in [0.1, 0.15) is 0 Å². The molecule has 2 aliphatic rings. The number of Topliss-reactive ketones (excluding diaryl/α,β-unsaturated/α-hetero) is 1. The molecule has 1 aromatic carbocycles. The molecule has 2 heteroatoms. The molecule has 0 N–H and O–H groups in total. The van der Waals surface area contributed by atoms with Crippen molar-refractivity contribution < 1.29 is 4.79 Å². The van der Waals surface area contributed by atoms with Crippen LogP contribution in [-0.4, -0.2) is 12.0 Å². The Labute approximate surface area is 125 Å². The predicted octanol–water partition coefficient (Wildman–Crippen LogP) is 4.96. The number of carbonyl (C=O) groups is 1. The van der Waals surface area contributed by atoms with Gasteiger partial charge in [-0.1, -0.05) is 25.0 Å². The van der Waals surface area contributed by atoms with Crippen LogP contribution in [0.15, 0.2) is 34.7 Å². The van der Waals surface area contributed by atoms with E-state index in [1.807, 2.05) is 0 Å². The topological polar surface area (TPSA) is 17.1 Å². The highest BCUT2D eigenvalue weighted by molar-refractivity contribution is 7.98. The Balaban J connectivity index is 1.73. The lowest BCUT2D eigenvalue weighted by molar-refractivity contribution is -0.119. The van der Waals surface area contributed by atoms with Crippen LogP contribution in [0.5, 0.6) is 0 Å². The van der Waals surface area contributed by atoms with E-state index in [2.05, 4.69) is 36.6 Å². The SMILES string of the molecule is CSc1ccc(C=C2CCC(C3CCCC3)C2=O)cc1. The first-order valence-electron chi connectivity index (χ1n) is 7.67. The molecular formula is C18H22OS. The zero-order chi connectivity index (χ0) is 13.9. The summed E-state index contributed by atoms with van der Waals surface area (Å²) in [5, 5.41) is 0. The average molecular weight is 286 g/mol. The quantitative estimate of drug-likeness (QED) is 0.577. The van der Waals surface area contributed by atoms with Gasteiger partial charge in [-0.25, -0.2) is 0 Å². The molecule has 1 unspecified atom stereocenters. The first-order chi connectivity index (χ1) is 9.78. The van der Waals surface area contributed by atoms with Crippen LogP contribution in [-0.2, 0) is 4.79 Å². The van der Waals surface area contributed by atoms with Crippen molar-refractivity contribution in [3.63, 3.8) is 0 Å². The van der Waals surface area contributed by atoms with Crippen LogP contribution >= 0.6 is 11.8 Å². The van der Waals surface area contributed by atoms with Crippen molar-refractivity contribution in [2.75, 3.05) is 6.26 Å². The van der Waals surface area contributed by atoms with Crippen LogP contribution in [0.3, 0.4) is 0 Å². The number of benzene rings is 1. The summed E-state index contributed by atoms with van der Waals surface area (Å²) in [6.07, 6.45) is 11.4. The van der Waals surface area contributed by atoms with Crippen LogP contribution in [0.1, 0.15) is 44.1 Å². The summed E-state index contributed by atoms with van der Waals surface area (Å²) in [7, 11) is 0. The second-order valence-electron chi connectivity index (χ2n) is 6.00. The third-order valence-electron chi connectivity index (χ3n) is 4.80. The van der Waals surface area contributed by atoms with Gasteiger partial charge in [0, 0.05) is 10.8 Å². The molecule has 1 aromatic rings. The molecule has 1 nitrogen and oxygen atoms in total. The van der Waals surface area contributed by atoms with Gasteiger partial charge in [0.15, 0.2) is 5.78 Å². The van der Waals surface area contributed by atoms with Crippen molar-refractivity contribution in [1.82, 2.24) is 0 Å². The molecule has 0 aliphatic heterocycles.